The van der Waals surface area contributed by atoms with Crippen LogP contribution in [0.25, 0.3) is 17.2 Å². The quantitative estimate of drug-likeness (QED) is 0.404. The minimum atomic E-state index is -0.259. The van der Waals surface area contributed by atoms with Gasteiger partial charge in [-0.25, -0.2) is 4.39 Å². The van der Waals surface area contributed by atoms with Gasteiger partial charge in [0.1, 0.15) is 18.6 Å². The van der Waals surface area contributed by atoms with E-state index >= 15 is 0 Å². The van der Waals surface area contributed by atoms with Crippen molar-refractivity contribution >= 4 is 23.4 Å². The van der Waals surface area contributed by atoms with Crippen LogP contribution in [0.4, 0.5) is 4.39 Å². The molecule has 8 heteroatoms. The van der Waals surface area contributed by atoms with Crippen molar-refractivity contribution < 1.29 is 9.23 Å². The molecule has 1 aromatic carbocycles. The Morgan fingerprint density at radius 1 is 1.18 bits per heavy atom. The lowest BCUT2D eigenvalue weighted by atomic mass is 10.0. The molecule has 0 fully saturated rings. The number of fused-ring (bicyclic) bond motifs is 1. The number of aromatic amines is 1. The Morgan fingerprint density at radius 2 is 2.04 bits per heavy atom. The SMILES string of the molecule is CC1=C(CCON=Cc2nn[nH]n2)c2cc(F)ccc2C1=Cc1ccncc1. The molecule has 0 radical (unpaired) electrons. The van der Waals surface area contributed by atoms with Gasteiger partial charge in [-0.15, -0.1) is 10.2 Å². The predicted octanol–water partition coefficient (Wildman–Crippen LogP) is 3.50. The highest BCUT2D eigenvalue weighted by molar-refractivity contribution is 6.05. The number of oxime groups is 1. The minimum Gasteiger partial charge on any atom is -0.395 e. The van der Waals surface area contributed by atoms with Gasteiger partial charge >= 0.3 is 0 Å². The summed E-state index contributed by atoms with van der Waals surface area (Å²) in [4.78, 5) is 9.36. The molecule has 0 atom stereocenters. The van der Waals surface area contributed by atoms with Gasteiger partial charge in [-0.3, -0.25) is 4.98 Å². The second-order valence-electron chi connectivity index (χ2n) is 6.22. The van der Waals surface area contributed by atoms with Crippen LogP contribution in [0, 0.1) is 5.82 Å². The van der Waals surface area contributed by atoms with Gasteiger partial charge in [-0.2, -0.15) is 5.21 Å². The van der Waals surface area contributed by atoms with Crippen LogP contribution in [0.3, 0.4) is 0 Å². The molecule has 140 valence electrons. The smallest absolute Gasteiger partial charge is 0.218 e. The van der Waals surface area contributed by atoms with Crippen LogP contribution < -0.4 is 0 Å². The molecule has 1 aliphatic rings. The Bertz CT molecular complexity index is 1060. The molecular weight excluding hydrogens is 359 g/mol. The molecule has 7 nitrogen and oxygen atoms in total. The lowest BCUT2D eigenvalue weighted by Gasteiger charge is -2.05. The third-order valence-electron chi connectivity index (χ3n) is 4.52. The number of H-pyrrole nitrogens is 1. The first-order chi connectivity index (χ1) is 13.7. The third kappa shape index (κ3) is 3.71. The van der Waals surface area contributed by atoms with Gasteiger partial charge in [0, 0.05) is 18.8 Å². The van der Waals surface area contributed by atoms with Gasteiger partial charge in [0.2, 0.25) is 5.82 Å². The van der Waals surface area contributed by atoms with Gasteiger partial charge in [0.05, 0.1) is 0 Å². The predicted molar refractivity (Wildman–Crippen MR) is 103 cm³/mol. The number of allylic oxidation sites excluding steroid dienone is 2. The number of pyridine rings is 1. The number of halogens is 1. The summed E-state index contributed by atoms with van der Waals surface area (Å²) < 4.78 is 13.9. The molecule has 0 spiro atoms. The zero-order valence-corrected chi connectivity index (χ0v) is 15.1. The van der Waals surface area contributed by atoms with E-state index in [2.05, 4.69) is 36.8 Å². The normalized spacial score (nSPS) is 14.9. The summed E-state index contributed by atoms with van der Waals surface area (Å²) in [6, 6.07) is 8.77. The number of nitrogens with one attached hydrogen (secondary N) is 1. The van der Waals surface area contributed by atoms with Crippen LogP contribution in [0.2, 0.25) is 0 Å². The van der Waals surface area contributed by atoms with E-state index in [-0.39, 0.29) is 5.82 Å². The Kier molecular flexibility index (Phi) is 5.01. The molecule has 2 aromatic heterocycles. The van der Waals surface area contributed by atoms with Gasteiger partial charge in [-0.05, 0) is 75.9 Å². The number of tetrazole rings is 1. The molecule has 0 amide bonds. The lowest BCUT2D eigenvalue weighted by Crippen LogP contribution is -1.94. The molecule has 28 heavy (non-hydrogen) atoms. The molecule has 0 bridgehead atoms. The van der Waals surface area contributed by atoms with E-state index in [1.54, 1.807) is 18.5 Å². The zero-order valence-electron chi connectivity index (χ0n) is 15.1. The van der Waals surface area contributed by atoms with E-state index < -0.39 is 0 Å². The van der Waals surface area contributed by atoms with Crippen molar-refractivity contribution in [2.24, 2.45) is 5.16 Å². The lowest BCUT2D eigenvalue weighted by molar-refractivity contribution is 0.152. The van der Waals surface area contributed by atoms with Gasteiger partial charge in [0.15, 0.2) is 0 Å². The van der Waals surface area contributed by atoms with Crippen molar-refractivity contribution in [3.63, 3.8) is 0 Å². The zero-order chi connectivity index (χ0) is 19.3. The van der Waals surface area contributed by atoms with Crippen LogP contribution in [-0.2, 0) is 4.84 Å². The highest BCUT2D eigenvalue weighted by Gasteiger charge is 2.24. The van der Waals surface area contributed by atoms with Gasteiger partial charge in [-0.1, -0.05) is 11.2 Å². The molecule has 4 rings (SSSR count). The van der Waals surface area contributed by atoms with Crippen molar-refractivity contribution in [3.05, 3.63) is 76.6 Å². The first-order valence-electron chi connectivity index (χ1n) is 8.73. The number of hydrogen-bond donors (Lipinski definition) is 1. The van der Waals surface area contributed by atoms with Crippen LogP contribution in [-0.4, -0.2) is 38.4 Å². The van der Waals surface area contributed by atoms with E-state index in [1.807, 2.05) is 25.1 Å². The average molecular weight is 376 g/mol. The standard InChI is InChI=1S/C20H17FN6O/c1-13-16(6-9-28-23-12-20-24-26-27-25-20)19-11-15(21)2-3-17(19)18(13)10-14-4-7-22-8-5-14/h2-5,7-8,10-12H,6,9H2,1H3,(H,24,25,26,27). The van der Waals surface area contributed by atoms with Gasteiger partial charge in [0.25, 0.3) is 0 Å². The highest BCUT2D eigenvalue weighted by atomic mass is 19.1. The fraction of sp³-hybridized carbons (Fsp3) is 0.150. The summed E-state index contributed by atoms with van der Waals surface area (Å²) in [6.45, 7) is 2.39. The molecule has 0 saturated carbocycles. The summed E-state index contributed by atoms with van der Waals surface area (Å²) in [7, 11) is 0. The highest BCUT2D eigenvalue weighted by Crippen LogP contribution is 2.43. The van der Waals surface area contributed by atoms with Gasteiger partial charge < -0.3 is 4.84 Å². The first kappa shape index (κ1) is 17.7. The second kappa shape index (κ2) is 7.91. The Morgan fingerprint density at radius 3 is 2.82 bits per heavy atom. The first-order valence-corrected chi connectivity index (χ1v) is 8.73. The molecule has 1 N–H and O–H groups in total. The Balaban J connectivity index is 1.56. The van der Waals surface area contributed by atoms with Crippen molar-refractivity contribution in [2.75, 3.05) is 6.61 Å². The van der Waals surface area contributed by atoms with E-state index in [0.717, 1.165) is 33.4 Å². The molecular formula is C20H17FN6O. The fourth-order valence-corrected chi connectivity index (χ4v) is 3.21. The summed E-state index contributed by atoms with van der Waals surface area (Å²) in [5.41, 5.74) is 6.17. The summed E-state index contributed by atoms with van der Waals surface area (Å²) in [6.07, 6.45) is 7.57. The van der Waals surface area contributed by atoms with E-state index in [1.165, 1.54) is 12.3 Å². The molecule has 1 aliphatic carbocycles. The number of benzene rings is 1. The molecule has 0 aliphatic heterocycles. The van der Waals surface area contributed by atoms with E-state index in [9.17, 15) is 4.39 Å². The van der Waals surface area contributed by atoms with Crippen molar-refractivity contribution in [1.29, 1.82) is 0 Å². The van der Waals surface area contributed by atoms with Crippen LogP contribution in [0.1, 0.15) is 35.9 Å². The largest absolute Gasteiger partial charge is 0.395 e. The summed E-state index contributed by atoms with van der Waals surface area (Å²) in [5.74, 6) is 0.0801. The van der Waals surface area contributed by atoms with E-state index in [0.29, 0.717) is 18.9 Å². The summed E-state index contributed by atoms with van der Waals surface area (Å²) >= 11 is 0. The summed E-state index contributed by atoms with van der Waals surface area (Å²) in [5, 5.41) is 17.1. The number of aromatic nitrogens is 5. The van der Waals surface area contributed by atoms with Crippen molar-refractivity contribution in [1.82, 2.24) is 25.6 Å². The average Bonchev–Trinajstić information content (AvgIpc) is 3.31. The Hall–Kier alpha value is -3.68. The van der Waals surface area contributed by atoms with Crippen molar-refractivity contribution in [2.45, 2.75) is 13.3 Å². The second-order valence-corrected chi connectivity index (χ2v) is 6.22. The Labute approximate surface area is 160 Å². The van der Waals surface area contributed by atoms with Crippen LogP contribution >= 0.6 is 0 Å². The van der Waals surface area contributed by atoms with Crippen LogP contribution in [0.15, 0.2) is 53.5 Å². The fourth-order valence-electron chi connectivity index (χ4n) is 3.21. The van der Waals surface area contributed by atoms with E-state index in [4.69, 9.17) is 4.84 Å². The van der Waals surface area contributed by atoms with Crippen molar-refractivity contribution in [3.8, 4) is 0 Å². The maximum atomic E-state index is 13.9. The topological polar surface area (TPSA) is 88.9 Å². The number of rotatable bonds is 6. The molecule has 0 unspecified atom stereocenters. The molecule has 3 aromatic rings. The number of nitrogens with zero attached hydrogens (tertiary/aromatic N) is 5. The minimum absolute atomic E-state index is 0.259. The molecule has 0 saturated heterocycles. The number of hydrogen-bond acceptors (Lipinski definition) is 6. The third-order valence-corrected chi connectivity index (χ3v) is 4.52. The maximum absolute atomic E-state index is 13.9. The monoisotopic (exact) mass is 376 g/mol. The van der Waals surface area contributed by atoms with Crippen LogP contribution in [0.5, 0.6) is 0 Å². The molecule has 2 heterocycles. The maximum Gasteiger partial charge on any atom is 0.218 e.